The highest BCUT2D eigenvalue weighted by molar-refractivity contribution is 6.35. The number of fused-ring (bicyclic) bond motifs is 7. The number of ether oxygens (including phenoxy) is 1. The molecule has 3 aliphatic heterocycles. The lowest BCUT2D eigenvalue weighted by Crippen LogP contribution is -2.40. The average Bonchev–Trinajstić information content (AvgIpc) is 3.07. The zero-order chi connectivity index (χ0) is 27.6. The number of anilines is 1. The van der Waals surface area contributed by atoms with E-state index < -0.39 is 6.23 Å². The van der Waals surface area contributed by atoms with Crippen LogP contribution in [0.3, 0.4) is 0 Å². The second-order valence-electron chi connectivity index (χ2n) is 10.8. The number of aliphatic hydroxyl groups is 2. The molecule has 3 aromatic carbocycles. The Morgan fingerprint density at radius 1 is 1.08 bits per heavy atom. The number of aliphatic hydroxyl groups excluding tert-OH is 2. The van der Waals surface area contributed by atoms with E-state index in [1.54, 1.807) is 7.11 Å². The van der Waals surface area contributed by atoms with Gasteiger partial charge < -0.3 is 25.2 Å². The minimum Gasteiger partial charge on any atom is -0.496 e. The molecule has 3 heterocycles. The second kappa shape index (κ2) is 9.90. The number of nitrogens with zero attached hydrogens (tertiary/aromatic N) is 1. The van der Waals surface area contributed by atoms with Gasteiger partial charge in [-0.05, 0) is 83.0 Å². The fraction of sp³-hybridized carbons (Fsp3) is 0.312. The van der Waals surface area contributed by atoms with Crippen molar-refractivity contribution < 1.29 is 14.9 Å². The lowest BCUT2D eigenvalue weighted by molar-refractivity contribution is 0.199. The van der Waals surface area contributed by atoms with Crippen molar-refractivity contribution in [3.8, 4) is 16.9 Å². The minimum atomic E-state index is -0.904. The molecule has 0 saturated heterocycles. The maximum Gasteiger partial charge on any atom is 0.168 e. The molecule has 0 amide bonds. The zero-order valence-corrected chi connectivity index (χ0v) is 23.9. The number of aryl methyl sites for hydroxylation is 1. The Bertz CT molecular complexity index is 1540. The lowest BCUT2D eigenvalue weighted by atomic mass is 9.84. The first-order valence-corrected chi connectivity index (χ1v) is 14.0. The molecule has 0 saturated carbocycles. The quantitative estimate of drug-likeness (QED) is 0.292. The molecule has 0 aliphatic carbocycles. The van der Waals surface area contributed by atoms with E-state index in [1.807, 2.05) is 42.5 Å². The van der Waals surface area contributed by atoms with Crippen molar-refractivity contribution in [2.75, 3.05) is 12.0 Å². The molecule has 202 valence electrons. The highest BCUT2D eigenvalue weighted by Crippen LogP contribution is 2.57. The number of rotatable bonds is 4. The van der Waals surface area contributed by atoms with Crippen LogP contribution in [0.2, 0.25) is 10.0 Å². The van der Waals surface area contributed by atoms with Crippen LogP contribution in [-0.4, -0.2) is 23.6 Å². The highest BCUT2D eigenvalue weighted by atomic mass is 35.5. The Morgan fingerprint density at radius 2 is 1.87 bits per heavy atom. The van der Waals surface area contributed by atoms with E-state index in [9.17, 15) is 10.2 Å². The van der Waals surface area contributed by atoms with Gasteiger partial charge >= 0.3 is 0 Å². The number of halogens is 2. The summed E-state index contributed by atoms with van der Waals surface area (Å²) in [5, 5.41) is 27.0. The summed E-state index contributed by atoms with van der Waals surface area (Å²) < 4.78 is 5.77. The standard InChI is InChI=1S/C32H32Cl2N2O3/c1-16(2)20-9-10-22-29(35-28(20)24-13-18(15-37)6-12-26(24)39-4)32(38)36-30-17(3)5-11-25(34)27(30)23-14-19(33)7-8-21(23)31(22)36/h5-9,11-14,16,28,31-32,35,37-38H,10,15H2,1-4H3. The van der Waals surface area contributed by atoms with Gasteiger partial charge in [0.1, 0.15) is 5.75 Å². The van der Waals surface area contributed by atoms with E-state index in [0.29, 0.717) is 16.5 Å². The SMILES string of the molecule is COc1ccc(CO)cc1C1NC2=C(CC=C1C(C)C)C1c3ccc(Cl)cc3-c3c(Cl)ccc(C)c3N1C2O. The summed E-state index contributed by atoms with van der Waals surface area (Å²) in [5.41, 5.74) is 9.80. The summed E-state index contributed by atoms with van der Waals surface area (Å²) in [5.74, 6) is 0.982. The topological polar surface area (TPSA) is 65.0 Å². The van der Waals surface area contributed by atoms with Gasteiger partial charge in [-0.2, -0.15) is 0 Å². The van der Waals surface area contributed by atoms with Gasteiger partial charge in [0.05, 0.1) is 42.2 Å². The molecule has 0 radical (unpaired) electrons. The van der Waals surface area contributed by atoms with E-state index >= 15 is 0 Å². The van der Waals surface area contributed by atoms with E-state index in [0.717, 1.165) is 56.1 Å². The van der Waals surface area contributed by atoms with Gasteiger partial charge in [0.2, 0.25) is 0 Å². The second-order valence-corrected chi connectivity index (χ2v) is 11.7. The van der Waals surface area contributed by atoms with Gasteiger partial charge in [-0.15, -0.1) is 0 Å². The Labute approximate surface area is 239 Å². The number of hydrogen-bond acceptors (Lipinski definition) is 5. The Hall–Kier alpha value is -2.96. The monoisotopic (exact) mass is 562 g/mol. The molecule has 7 heteroatoms. The summed E-state index contributed by atoms with van der Waals surface area (Å²) in [4.78, 5) is 2.09. The van der Waals surface area contributed by atoms with Crippen LogP contribution in [0, 0.1) is 12.8 Å². The van der Waals surface area contributed by atoms with Crippen molar-refractivity contribution in [3.05, 3.63) is 104 Å². The van der Waals surface area contributed by atoms with Crippen molar-refractivity contribution in [2.24, 2.45) is 5.92 Å². The van der Waals surface area contributed by atoms with Crippen LogP contribution in [-0.2, 0) is 6.61 Å². The summed E-state index contributed by atoms with van der Waals surface area (Å²) in [6.07, 6.45) is 2.07. The van der Waals surface area contributed by atoms with Crippen molar-refractivity contribution in [1.29, 1.82) is 0 Å². The Balaban J connectivity index is 1.56. The summed E-state index contributed by atoms with van der Waals surface area (Å²) >= 11 is 13.3. The van der Waals surface area contributed by atoms with E-state index in [2.05, 4.69) is 43.1 Å². The minimum absolute atomic E-state index is 0.0625. The van der Waals surface area contributed by atoms with Crippen molar-refractivity contribution in [3.63, 3.8) is 0 Å². The van der Waals surface area contributed by atoms with Gasteiger partial charge in [0.15, 0.2) is 6.23 Å². The molecule has 3 aromatic rings. The molecule has 3 N–H and O–H groups in total. The molecule has 0 aromatic heterocycles. The third-order valence-corrected chi connectivity index (χ3v) is 8.84. The van der Waals surface area contributed by atoms with E-state index in [1.165, 1.54) is 5.57 Å². The molecule has 0 fully saturated rings. The third kappa shape index (κ3) is 4.06. The van der Waals surface area contributed by atoms with Gasteiger partial charge in [-0.25, -0.2) is 0 Å². The maximum absolute atomic E-state index is 12.0. The first-order valence-electron chi connectivity index (χ1n) is 13.3. The van der Waals surface area contributed by atoms with Gasteiger partial charge in [0, 0.05) is 16.1 Å². The van der Waals surface area contributed by atoms with Crippen LogP contribution in [0.25, 0.3) is 11.1 Å². The van der Waals surface area contributed by atoms with Crippen LogP contribution in [0.4, 0.5) is 5.69 Å². The van der Waals surface area contributed by atoms with Crippen LogP contribution >= 0.6 is 23.2 Å². The lowest BCUT2D eigenvalue weighted by Gasteiger charge is -2.40. The van der Waals surface area contributed by atoms with E-state index in [4.69, 9.17) is 27.9 Å². The van der Waals surface area contributed by atoms with Gasteiger partial charge in [-0.3, -0.25) is 0 Å². The summed E-state index contributed by atoms with van der Waals surface area (Å²) in [6.45, 7) is 6.35. The van der Waals surface area contributed by atoms with E-state index in [-0.39, 0.29) is 24.6 Å². The first-order chi connectivity index (χ1) is 18.7. The fourth-order valence-corrected chi connectivity index (χ4v) is 6.93. The molecular formula is C32H32Cl2N2O3. The van der Waals surface area contributed by atoms with Crippen molar-refractivity contribution >= 4 is 28.9 Å². The molecule has 0 spiro atoms. The molecule has 3 unspecified atom stereocenters. The predicted molar refractivity (Wildman–Crippen MR) is 157 cm³/mol. The predicted octanol–water partition coefficient (Wildman–Crippen LogP) is 7.23. The molecule has 0 bridgehead atoms. The smallest absolute Gasteiger partial charge is 0.168 e. The normalized spacial score (nSPS) is 21.5. The maximum atomic E-state index is 12.0. The van der Waals surface area contributed by atoms with Crippen molar-refractivity contribution in [2.45, 2.75) is 52.1 Å². The number of benzene rings is 3. The zero-order valence-electron chi connectivity index (χ0n) is 22.4. The molecule has 6 rings (SSSR count). The number of methoxy groups -OCH3 is 1. The number of nitrogens with one attached hydrogen (secondary N) is 1. The highest BCUT2D eigenvalue weighted by Gasteiger charge is 2.47. The molecule has 39 heavy (non-hydrogen) atoms. The van der Waals surface area contributed by atoms with Crippen LogP contribution in [0.5, 0.6) is 5.75 Å². The first kappa shape index (κ1) is 26.3. The molecule has 3 aliphatic rings. The Morgan fingerprint density at radius 3 is 2.59 bits per heavy atom. The van der Waals surface area contributed by atoms with Crippen LogP contribution < -0.4 is 15.0 Å². The number of allylic oxidation sites excluding steroid dienone is 1. The largest absolute Gasteiger partial charge is 0.496 e. The van der Waals surface area contributed by atoms with Crippen molar-refractivity contribution in [1.82, 2.24) is 5.32 Å². The molecule has 3 atom stereocenters. The van der Waals surface area contributed by atoms with Crippen LogP contribution in [0.15, 0.2) is 71.5 Å². The summed E-state index contributed by atoms with van der Waals surface area (Å²) in [7, 11) is 1.66. The van der Waals surface area contributed by atoms with Gasteiger partial charge in [-0.1, -0.05) is 61.3 Å². The van der Waals surface area contributed by atoms with Crippen LogP contribution in [0.1, 0.15) is 54.6 Å². The van der Waals surface area contributed by atoms with Gasteiger partial charge in [0.25, 0.3) is 0 Å². The molecule has 5 nitrogen and oxygen atoms in total. The number of hydrogen-bond donors (Lipinski definition) is 3. The third-order valence-electron chi connectivity index (χ3n) is 8.29. The fourth-order valence-electron chi connectivity index (χ4n) is 6.50. The summed E-state index contributed by atoms with van der Waals surface area (Å²) in [6, 6.07) is 15.2. The molecular weight excluding hydrogens is 531 g/mol. The Kier molecular flexibility index (Phi) is 6.67. The average molecular weight is 564 g/mol.